The van der Waals surface area contributed by atoms with Gasteiger partial charge in [0, 0.05) is 4.90 Å². The third-order valence-corrected chi connectivity index (χ3v) is 7.09. The van der Waals surface area contributed by atoms with Crippen LogP contribution in [0.1, 0.15) is 16.8 Å². The van der Waals surface area contributed by atoms with E-state index in [1.807, 2.05) is 48.5 Å². The molecule has 0 bridgehead atoms. The first-order chi connectivity index (χ1) is 13.1. The third kappa shape index (κ3) is 4.12. The van der Waals surface area contributed by atoms with Gasteiger partial charge in [-0.25, -0.2) is 13.4 Å². The molecule has 0 N–H and O–H groups in total. The summed E-state index contributed by atoms with van der Waals surface area (Å²) in [5, 5.41) is 0.867. The Balaban J connectivity index is 1.55. The maximum Gasteiger partial charge on any atom is 0.195 e. The number of aryl methyl sites for hydroxylation is 1. The average molecular weight is 395 g/mol. The normalized spacial score (nSPS) is 13.7. The lowest BCUT2D eigenvalue weighted by molar-refractivity contribution is 0.591. The minimum absolute atomic E-state index is 0.0376. The van der Waals surface area contributed by atoms with Gasteiger partial charge < -0.3 is 0 Å². The molecular formula is C21H18N2O2S2. The van der Waals surface area contributed by atoms with Crippen LogP contribution >= 0.6 is 11.8 Å². The monoisotopic (exact) mass is 394 g/mol. The molecule has 0 spiro atoms. The van der Waals surface area contributed by atoms with Crippen molar-refractivity contribution in [1.29, 1.82) is 0 Å². The largest absolute Gasteiger partial charge is 0.271 e. The zero-order valence-electron chi connectivity index (χ0n) is 14.6. The molecule has 1 aliphatic heterocycles. The summed E-state index contributed by atoms with van der Waals surface area (Å²) in [5.41, 5.74) is 2.79. The van der Waals surface area contributed by atoms with Crippen molar-refractivity contribution in [3.63, 3.8) is 0 Å². The van der Waals surface area contributed by atoms with Crippen molar-refractivity contribution in [1.82, 2.24) is 4.98 Å². The molecule has 27 heavy (non-hydrogen) atoms. The van der Waals surface area contributed by atoms with Crippen molar-refractivity contribution in [2.45, 2.75) is 22.9 Å². The van der Waals surface area contributed by atoms with Gasteiger partial charge in [0.05, 0.1) is 18.0 Å². The lowest BCUT2D eigenvalue weighted by Gasteiger charge is -2.15. The van der Waals surface area contributed by atoms with Crippen molar-refractivity contribution >= 4 is 26.6 Å². The summed E-state index contributed by atoms with van der Waals surface area (Å²) in [6, 6.07) is 22.8. The van der Waals surface area contributed by atoms with E-state index in [-0.39, 0.29) is 10.8 Å². The molecule has 2 aromatic carbocycles. The van der Waals surface area contributed by atoms with Crippen LogP contribution in [0.25, 0.3) is 0 Å². The number of nitrogens with zero attached hydrogens (tertiary/aromatic N) is 2. The van der Waals surface area contributed by atoms with Crippen LogP contribution in [0.3, 0.4) is 0 Å². The number of benzene rings is 2. The molecule has 0 atom stereocenters. The van der Waals surface area contributed by atoms with Crippen LogP contribution in [0.4, 0.5) is 0 Å². The Hall–Kier alpha value is -2.44. The molecule has 0 amide bonds. The maximum atomic E-state index is 12.7. The number of rotatable bonds is 5. The molecule has 0 aliphatic carbocycles. The van der Waals surface area contributed by atoms with Crippen molar-refractivity contribution in [2.24, 2.45) is 4.99 Å². The summed E-state index contributed by atoms with van der Waals surface area (Å²) in [4.78, 5) is 10.1. The van der Waals surface area contributed by atoms with E-state index >= 15 is 0 Å². The Morgan fingerprint density at radius 2 is 1.67 bits per heavy atom. The van der Waals surface area contributed by atoms with Gasteiger partial charge in [-0.1, -0.05) is 66.4 Å². The van der Waals surface area contributed by atoms with Crippen molar-refractivity contribution in [2.75, 3.05) is 5.75 Å². The average Bonchev–Trinajstić information content (AvgIpc) is 2.73. The highest BCUT2D eigenvalue weighted by Crippen LogP contribution is 2.31. The van der Waals surface area contributed by atoms with E-state index in [0.717, 1.165) is 15.5 Å². The van der Waals surface area contributed by atoms with Crippen LogP contribution in [0.5, 0.6) is 0 Å². The summed E-state index contributed by atoms with van der Waals surface area (Å²) in [7, 11) is -3.46. The highest BCUT2D eigenvalue weighted by Gasteiger charge is 2.20. The summed E-state index contributed by atoms with van der Waals surface area (Å²) in [6.07, 6.45) is 0.470. The lowest BCUT2D eigenvalue weighted by Crippen LogP contribution is -2.13. The fraction of sp³-hybridized carbons (Fsp3) is 0.143. The Labute approximate surface area is 163 Å². The lowest BCUT2D eigenvalue weighted by atomic mass is 10.2. The van der Waals surface area contributed by atoms with Gasteiger partial charge >= 0.3 is 0 Å². The molecule has 1 aromatic heterocycles. The molecular weight excluding hydrogens is 376 g/mol. The van der Waals surface area contributed by atoms with E-state index in [9.17, 15) is 8.42 Å². The first-order valence-electron chi connectivity index (χ1n) is 8.66. The smallest absolute Gasteiger partial charge is 0.195 e. The van der Waals surface area contributed by atoms with Crippen LogP contribution in [0, 0.1) is 0 Å². The van der Waals surface area contributed by atoms with Crippen molar-refractivity contribution in [3.05, 3.63) is 89.6 Å². The number of fused-ring (bicyclic) bond motifs is 1. The zero-order valence-corrected chi connectivity index (χ0v) is 16.2. The van der Waals surface area contributed by atoms with E-state index < -0.39 is 9.84 Å². The van der Waals surface area contributed by atoms with Crippen molar-refractivity contribution < 1.29 is 8.42 Å². The van der Waals surface area contributed by atoms with Crippen molar-refractivity contribution in [3.8, 4) is 0 Å². The molecule has 136 valence electrons. The van der Waals surface area contributed by atoms with E-state index in [1.54, 1.807) is 12.1 Å². The molecule has 2 heterocycles. The predicted octanol–water partition coefficient (Wildman–Crippen LogP) is 4.15. The minimum Gasteiger partial charge on any atom is -0.271 e. The van der Waals surface area contributed by atoms with Crippen LogP contribution in [-0.2, 0) is 22.8 Å². The predicted molar refractivity (Wildman–Crippen MR) is 109 cm³/mol. The number of aliphatic imine (C=N–C) groups is 1. The van der Waals surface area contributed by atoms with E-state index in [4.69, 9.17) is 0 Å². The van der Waals surface area contributed by atoms with Crippen LogP contribution < -0.4 is 0 Å². The summed E-state index contributed by atoms with van der Waals surface area (Å²) in [6.45, 7) is 0.588. The molecule has 0 unspecified atom stereocenters. The first kappa shape index (κ1) is 17.9. The van der Waals surface area contributed by atoms with Gasteiger partial charge in [-0.15, -0.1) is 0 Å². The van der Waals surface area contributed by atoms with Gasteiger partial charge in [0.25, 0.3) is 0 Å². The highest BCUT2D eigenvalue weighted by molar-refractivity contribution is 8.14. The number of pyridine rings is 1. The molecule has 1 aliphatic rings. The number of aromatic nitrogens is 1. The topological polar surface area (TPSA) is 59.4 Å². The Bertz CT molecular complexity index is 1090. The third-order valence-electron chi connectivity index (χ3n) is 4.34. The van der Waals surface area contributed by atoms with Gasteiger partial charge in [-0.2, -0.15) is 0 Å². The molecule has 0 saturated carbocycles. The first-order valence-corrected chi connectivity index (χ1v) is 11.1. The van der Waals surface area contributed by atoms with E-state index in [2.05, 4.69) is 22.1 Å². The Morgan fingerprint density at radius 1 is 0.889 bits per heavy atom. The molecule has 0 fully saturated rings. The number of sulfone groups is 1. The zero-order chi connectivity index (χ0) is 18.7. The minimum atomic E-state index is -3.46. The highest BCUT2D eigenvalue weighted by atomic mass is 32.2. The summed E-state index contributed by atoms with van der Waals surface area (Å²) < 4.78 is 25.5. The number of thioether (sulfide) groups is 1. The molecule has 4 rings (SSSR count). The van der Waals surface area contributed by atoms with Gasteiger partial charge in [0.1, 0.15) is 5.04 Å². The van der Waals surface area contributed by atoms with Crippen LogP contribution in [0.15, 0.2) is 87.7 Å². The van der Waals surface area contributed by atoms with E-state index in [1.165, 1.54) is 17.3 Å². The maximum absolute atomic E-state index is 12.7. The summed E-state index contributed by atoms with van der Waals surface area (Å²) >= 11 is 1.53. The second kappa shape index (κ2) is 7.66. The van der Waals surface area contributed by atoms with Crippen LogP contribution in [0.2, 0.25) is 0 Å². The second-order valence-electron chi connectivity index (χ2n) is 6.25. The fourth-order valence-electron chi connectivity index (χ4n) is 2.87. The number of hydrogen-bond donors (Lipinski definition) is 0. The summed E-state index contributed by atoms with van der Waals surface area (Å²) in [5.74, 6) is 0.0376. The fourth-order valence-corrected chi connectivity index (χ4v) is 5.07. The van der Waals surface area contributed by atoms with Crippen LogP contribution in [-0.4, -0.2) is 24.2 Å². The molecule has 3 aromatic rings. The molecule has 4 nitrogen and oxygen atoms in total. The molecule has 6 heteroatoms. The SMILES string of the molecule is O=S(=O)(CCc1ccccc1)c1cccc(C2=NCc3ccccc3S2)n1. The Morgan fingerprint density at radius 3 is 2.52 bits per heavy atom. The Kier molecular flexibility index (Phi) is 5.09. The standard InChI is InChI=1S/C21H18N2O2S2/c24-27(25,14-13-16-7-2-1-3-8-16)20-12-6-10-18(23-20)21-22-15-17-9-4-5-11-19(17)26-21/h1-12H,13-15H2. The number of hydrogen-bond acceptors (Lipinski definition) is 5. The van der Waals surface area contributed by atoms with Gasteiger partial charge in [-0.05, 0) is 35.7 Å². The van der Waals surface area contributed by atoms with Gasteiger partial charge in [0.2, 0.25) is 0 Å². The quantitative estimate of drug-likeness (QED) is 0.652. The molecule has 0 saturated heterocycles. The van der Waals surface area contributed by atoms with Gasteiger partial charge in [0.15, 0.2) is 14.9 Å². The second-order valence-corrected chi connectivity index (χ2v) is 9.33. The van der Waals surface area contributed by atoms with Gasteiger partial charge in [-0.3, -0.25) is 4.99 Å². The molecule has 0 radical (unpaired) electrons. The van der Waals surface area contributed by atoms with E-state index in [0.29, 0.717) is 18.7 Å².